The summed E-state index contributed by atoms with van der Waals surface area (Å²) in [5.41, 5.74) is 2.45. The monoisotopic (exact) mass is 245 g/mol. The highest BCUT2D eigenvalue weighted by Crippen LogP contribution is 2.40. The van der Waals surface area contributed by atoms with E-state index >= 15 is 0 Å². The third-order valence-corrected chi connectivity index (χ3v) is 3.32. The van der Waals surface area contributed by atoms with Crippen LogP contribution in [-0.4, -0.2) is 12.6 Å². The second-order valence-electron chi connectivity index (χ2n) is 5.18. The first kappa shape index (κ1) is 13.0. The highest BCUT2D eigenvalue weighted by Gasteiger charge is 2.22. The van der Waals surface area contributed by atoms with Gasteiger partial charge >= 0.3 is 0 Å². The van der Waals surface area contributed by atoms with Gasteiger partial charge in [-0.25, -0.2) is 0 Å². The Morgan fingerprint density at radius 2 is 2.06 bits per heavy atom. The van der Waals surface area contributed by atoms with Crippen molar-refractivity contribution in [1.82, 2.24) is 5.32 Å². The SMILES string of the molecule is C=C(C)NC(CC)COc1ccc(C2CC2)cc1. The van der Waals surface area contributed by atoms with Gasteiger partial charge in [0, 0.05) is 5.70 Å². The van der Waals surface area contributed by atoms with Crippen LogP contribution in [0.4, 0.5) is 0 Å². The van der Waals surface area contributed by atoms with Gasteiger partial charge in [-0.05, 0) is 49.8 Å². The van der Waals surface area contributed by atoms with E-state index in [1.807, 2.05) is 6.92 Å². The largest absolute Gasteiger partial charge is 0.491 e. The molecule has 1 unspecified atom stereocenters. The van der Waals surface area contributed by atoms with Gasteiger partial charge in [-0.15, -0.1) is 0 Å². The lowest BCUT2D eigenvalue weighted by Gasteiger charge is -2.18. The summed E-state index contributed by atoms with van der Waals surface area (Å²) in [7, 11) is 0. The summed E-state index contributed by atoms with van der Waals surface area (Å²) in [6, 6.07) is 8.90. The second kappa shape index (κ2) is 5.94. The molecule has 1 aromatic rings. The maximum absolute atomic E-state index is 5.81. The van der Waals surface area contributed by atoms with Crippen LogP contribution in [0.25, 0.3) is 0 Å². The Morgan fingerprint density at radius 3 is 2.56 bits per heavy atom. The molecule has 0 aliphatic heterocycles. The molecular formula is C16H23NO. The van der Waals surface area contributed by atoms with Crippen LogP contribution in [-0.2, 0) is 0 Å². The molecule has 98 valence electrons. The zero-order valence-corrected chi connectivity index (χ0v) is 11.4. The standard InChI is InChI=1S/C16H23NO/c1-4-15(17-12(2)3)11-18-16-9-7-14(8-10-16)13-5-6-13/h7-10,13,15,17H,2,4-6,11H2,1,3H3. The van der Waals surface area contributed by atoms with E-state index in [4.69, 9.17) is 4.74 Å². The smallest absolute Gasteiger partial charge is 0.119 e. The molecule has 2 rings (SSSR count). The molecular weight excluding hydrogens is 222 g/mol. The molecule has 0 heterocycles. The average molecular weight is 245 g/mol. The Kier molecular flexibility index (Phi) is 4.29. The molecule has 18 heavy (non-hydrogen) atoms. The predicted molar refractivity (Wildman–Crippen MR) is 75.9 cm³/mol. The Bertz CT molecular complexity index is 392. The summed E-state index contributed by atoms with van der Waals surface area (Å²) >= 11 is 0. The van der Waals surface area contributed by atoms with Crippen LogP contribution < -0.4 is 10.1 Å². The summed E-state index contributed by atoms with van der Waals surface area (Å²) in [5, 5.41) is 3.32. The first-order valence-corrected chi connectivity index (χ1v) is 6.84. The second-order valence-corrected chi connectivity index (χ2v) is 5.18. The van der Waals surface area contributed by atoms with Crippen molar-refractivity contribution in [1.29, 1.82) is 0 Å². The molecule has 1 aliphatic carbocycles. The van der Waals surface area contributed by atoms with Crippen LogP contribution >= 0.6 is 0 Å². The minimum absolute atomic E-state index is 0.339. The van der Waals surface area contributed by atoms with E-state index in [0.717, 1.165) is 23.8 Å². The Morgan fingerprint density at radius 1 is 1.39 bits per heavy atom. The highest BCUT2D eigenvalue weighted by molar-refractivity contribution is 5.31. The number of nitrogens with one attached hydrogen (secondary N) is 1. The van der Waals surface area contributed by atoms with Gasteiger partial charge in [0.25, 0.3) is 0 Å². The van der Waals surface area contributed by atoms with E-state index in [2.05, 4.69) is 43.1 Å². The van der Waals surface area contributed by atoms with E-state index in [-0.39, 0.29) is 0 Å². The third kappa shape index (κ3) is 3.80. The molecule has 0 spiro atoms. The quantitative estimate of drug-likeness (QED) is 0.788. The number of rotatable bonds is 7. The Balaban J connectivity index is 1.82. The zero-order valence-electron chi connectivity index (χ0n) is 11.4. The van der Waals surface area contributed by atoms with E-state index in [1.165, 1.54) is 18.4 Å². The van der Waals surface area contributed by atoms with Crippen molar-refractivity contribution >= 4 is 0 Å². The first-order valence-electron chi connectivity index (χ1n) is 6.84. The van der Waals surface area contributed by atoms with Crippen molar-refractivity contribution in [2.45, 2.75) is 45.1 Å². The lowest BCUT2D eigenvalue weighted by atomic mass is 10.1. The summed E-state index contributed by atoms with van der Waals surface area (Å²) in [6.45, 7) is 8.69. The number of hydrogen-bond acceptors (Lipinski definition) is 2. The molecule has 0 radical (unpaired) electrons. The Hall–Kier alpha value is -1.44. The van der Waals surface area contributed by atoms with Crippen LogP contribution in [0, 0.1) is 0 Å². The average Bonchev–Trinajstić information content (AvgIpc) is 3.19. The van der Waals surface area contributed by atoms with Crippen LogP contribution in [0.2, 0.25) is 0 Å². The summed E-state index contributed by atoms with van der Waals surface area (Å²) < 4.78 is 5.81. The molecule has 0 aromatic heterocycles. The van der Waals surface area contributed by atoms with Crippen molar-refractivity contribution in [2.75, 3.05) is 6.61 Å². The first-order chi connectivity index (χ1) is 8.69. The van der Waals surface area contributed by atoms with Crippen molar-refractivity contribution in [2.24, 2.45) is 0 Å². The van der Waals surface area contributed by atoms with Gasteiger partial charge in [0.2, 0.25) is 0 Å². The maximum Gasteiger partial charge on any atom is 0.119 e. The molecule has 2 heteroatoms. The predicted octanol–water partition coefficient (Wildman–Crippen LogP) is 3.84. The van der Waals surface area contributed by atoms with Gasteiger partial charge in [-0.3, -0.25) is 0 Å². The van der Waals surface area contributed by atoms with Crippen LogP contribution in [0.15, 0.2) is 36.5 Å². The lowest BCUT2D eigenvalue weighted by molar-refractivity contribution is 0.268. The fourth-order valence-electron chi connectivity index (χ4n) is 2.06. The van der Waals surface area contributed by atoms with E-state index in [1.54, 1.807) is 0 Å². The van der Waals surface area contributed by atoms with Gasteiger partial charge < -0.3 is 10.1 Å². The van der Waals surface area contributed by atoms with E-state index < -0.39 is 0 Å². The molecule has 0 amide bonds. The summed E-state index contributed by atoms with van der Waals surface area (Å²) in [5.74, 6) is 1.77. The number of hydrogen-bond donors (Lipinski definition) is 1. The fourth-order valence-corrected chi connectivity index (χ4v) is 2.06. The number of allylic oxidation sites excluding steroid dienone is 1. The molecule has 1 saturated carbocycles. The van der Waals surface area contributed by atoms with Gasteiger partial charge in [-0.1, -0.05) is 25.6 Å². The van der Waals surface area contributed by atoms with Crippen molar-refractivity contribution < 1.29 is 4.74 Å². The molecule has 1 aliphatic rings. The van der Waals surface area contributed by atoms with Crippen LogP contribution in [0.3, 0.4) is 0 Å². The minimum Gasteiger partial charge on any atom is -0.491 e. The fraction of sp³-hybridized carbons (Fsp3) is 0.500. The minimum atomic E-state index is 0.339. The van der Waals surface area contributed by atoms with Crippen molar-refractivity contribution in [3.05, 3.63) is 42.1 Å². The molecule has 2 nitrogen and oxygen atoms in total. The molecule has 1 N–H and O–H groups in total. The van der Waals surface area contributed by atoms with E-state index in [0.29, 0.717) is 12.6 Å². The molecule has 1 aromatic carbocycles. The zero-order chi connectivity index (χ0) is 13.0. The topological polar surface area (TPSA) is 21.3 Å². The third-order valence-electron chi connectivity index (χ3n) is 3.32. The lowest BCUT2D eigenvalue weighted by Crippen LogP contribution is -2.32. The molecule has 0 saturated heterocycles. The van der Waals surface area contributed by atoms with E-state index in [9.17, 15) is 0 Å². The van der Waals surface area contributed by atoms with Gasteiger partial charge in [0.1, 0.15) is 12.4 Å². The van der Waals surface area contributed by atoms with Gasteiger partial charge in [0.05, 0.1) is 6.04 Å². The van der Waals surface area contributed by atoms with Crippen LogP contribution in [0.1, 0.15) is 44.6 Å². The summed E-state index contributed by atoms with van der Waals surface area (Å²) in [6.07, 6.45) is 3.73. The highest BCUT2D eigenvalue weighted by atomic mass is 16.5. The number of benzene rings is 1. The molecule has 0 bridgehead atoms. The normalized spacial score (nSPS) is 16.1. The van der Waals surface area contributed by atoms with Crippen molar-refractivity contribution in [3.8, 4) is 5.75 Å². The maximum atomic E-state index is 5.81. The summed E-state index contributed by atoms with van der Waals surface area (Å²) in [4.78, 5) is 0. The van der Waals surface area contributed by atoms with Crippen molar-refractivity contribution in [3.63, 3.8) is 0 Å². The van der Waals surface area contributed by atoms with Gasteiger partial charge in [0.15, 0.2) is 0 Å². The Labute approximate surface area is 110 Å². The number of ether oxygens (including phenoxy) is 1. The molecule has 1 fully saturated rings. The van der Waals surface area contributed by atoms with Gasteiger partial charge in [-0.2, -0.15) is 0 Å². The van der Waals surface area contributed by atoms with Crippen LogP contribution in [0.5, 0.6) is 5.75 Å². The molecule has 1 atom stereocenters.